The van der Waals surface area contributed by atoms with Crippen LogP contribution in [0.25, 0.3) is 16.7 Å². The summed E-state index contributed by atoms with van der Waals surface area (Å²) in [7, 11) is 1.53. The number of nitrogens with zero attached hydrogens (tertiary/aromatic N) is 4. The van der Waals surface area contributed by atoms with Crippen LogP contribution < -0.4 is 20.3 Å². The zero-order valence-corrected chi connectivity index (χ0v) is 19.8. The highest BCUT2D eigenvalue weighted by atomic mass is 19.1. The number of ether oxygens (including phenoxy) is 2. The van der Waals surface area contributed by atoms with Crippen LogP contribution in [0.5, 0.6) is 17.4 Å². The number of carbonyl (C=O) groups is 1. The van der Waals surface area contributed by atoms with Crippen molar-refractivity contribution in [2.24, 2.45) is 0 Å². The van der Waals surface area contributed by atoms with Gasteiger partial charge < -0.3 is 14.8 Å². The van der Waals surface area contributed by atoms with Gasteiger partial charge in [0.05, 0.1) is 12.6 Å². The number of carbonyl (C=O) groups excluding carboxylic acids is 1. The minimum atomic E-state index is -0.675. The Balaban J connectivity index is 1.35. The Morgan fingerprint density at radius 1 is 0.973 bits per heavy atom. The Kier molecular flexibility index (Phi) is 6.29. The molecule has 37 heavy (non-hydrogen) atoms. The number of amides is 1. The second-order valence-corrected chi connectivity index (χ2v) is 7.98. The fourth-order valence-corrected chi connectivity index (χ4v) is 3.71. The molecule has 3 heterocycles. The largest absolute Gasteiger partial charge is 0.481 e. The third kappa shape index (κ3) is 4.85. The minimum absolute atomic E-state index is 0.293. The SMILES string of the molecule is COc1ccc2nccc(Oc3ccc(NC(=O)c4ncc(C)n(-c5ccc(F)cc5)c4=O)cc3)c2n1. The van der Waals surface area contributed by atoms with Crippen molar-refractivity contribution in [1.82, 2.24) is 19.5 Å². The molecule has 0 radical (unpaired) electrons. The standard InChI is InChI=1S/C27H20FN5O4/c1-16-15-30-25(27(35)33(16)19-7-3-17(28)4-8-19)26(34)31-18-5-9-20(10-6-18)37-22-13-14-29-21-11-12-23(36-2)32-24(21)22/h3-15H,1-2H3,(H,31,34). The van der Waals surface area contributed by atoms with E-state index in [1.165, 1.54) is 42.1 Å². The maximum absolute atomic E-state index is 13.3. The lowest BCUT2D eigenvalue weighted by Crippen LogP contribution is -2.31. The molecule has 0 unspecified atom stereocenters. The molecule has 0 aliphatic rings. The number of hydrogen-bond acceptors (Lipinski definition) is 7. The Morgan fingerprint density at radius 2 is 1.73 bits per heavy atom. The average molecular weight is 497 g/mol. The van der Waals surface area contributed by atoms with E-state index in [0.29, 0.717) is 45.5 Å². The third-order valence-electron chi connectivity index (χ3n) is 5.51. The summed E-state index contributed by atoms with van der Waals surface area (Å²) < 4.78 is 25.8. The summed E-state index contributed by atoms with van der Waals surface area (Å²) in [6, 6.07) is 17.2. The zero-order valence-electron chi connectivity index (χ0n) is 19.8. The van der Waals surface area contributed by atoms with E-state index in [4.69, 9.17) is 9.47 Å². The van der Waals surface area contributed by atoms with Gasteiger partial charge in [0.2, 0.25) is 5.88 Å². The molecule has 5 rings (SSSR count). The molecule has 9 nitrogen and oxygen atoms in total. The summed E-state index contributed by atoms with van der Waals surface area (Å²) in [4.78, 5) is 38.6. The number of anilines is 1. The van der Waals surface area contributed by atoms with Gasteiger partial charge in [0.25, 0.3) is 11.5 Å². The van der Waals surface area contributed by atoms with Gasteiger partial charge in [-0.3, -0.25) is 19.1 Å². The van der Waals surface area contributed by atoms with Gasteiger partial charge in [-0.25, -0.2) is 14.4 Å². The molecule has 1 N–H and O–H groups in total. The molecular formula is C27H20FN5O4. The fraction of sp³-hybridized carbons (Fsp3) is 0.0741. The van der Waals surface area contributed by atoms with Crippen LogP contribution in [0.1, 0.15) is 16.2 Å². The van der Waals surface area contributed by atoms with Crippen LogP contribution in [0.3, 0.4) is 0 Å². The van der Waals surface area contributed by atoms with E-state index >= 15 is 0 Å². The predicted molar refractivity (Wildman–Crippen MR) is 135 cm³/mol. The van der Waals surface area contributed by atoms with E-state index < -0.39 is 17.3 Å². The number of fused-ring (bicyclic) bond motifs is 1. The molecule has 0 saturated carbocycles. The van der Waals surface area contributed by atoms with Crippen molar-refractivity contribution in [3.05, 3.63) is 107 Å². The lowest BCUT2D eigenvalue weighted by atomic mass is 10.2. The van der Waals surface area contributed by atoms with Gasteiger partial charge in [-0.1, -0.05) is 0 Å². The number of rotatable bonds is 6. The monoisotopic (exact) mass is 497 g/mol. The molecule has 5 aromatic rings. The first-order chi connectivity index (χ1) is 17.9. The average Bonchev–Trinajstić information content (AvgIpc) is 2.91. The summed E-state index contributed by atoms with van der Waals surface area (Å²) in [6.07, 6.45) is 3.03. The number of aromatic nitrogens is 4. The highest BCUT2D eigenvalue weighted by Gasteiger charge is 2.17. The summed E-state index contributed by atoms with van der Waals surface area (Å²) in [6.45, 7) is 1.68. The quantitative estimate of drug-likeness (QED) is 0.363. The second-order valence-electron chi connectivity index (χ2n) is 7.98. The van der Waals surface area contributed by atoms with Crippen molar-refractivity contribution in [2.45, 2.75) is 6.92 Å². The molecule has 10 heteroatoms. The first kappa shape index (κ1) is 23.6. The smallest absolute Gasteiger partial charge is 0.286 e. The van der Waals surface area contributed by atoms with Crippen molar-refractivity contribution in [2.75, 3.05) is 12.4 Å². The van der Waals surface area contributed by atoms with Crippen LogP contribution in [-0.4, -0.2) is 32.5 Å². The van der Waals surface area contributed by atoms with Crippen molar-refractivity contribution in [3.63, 3.8) is 0 Å². The molecule has 0 spiro atoms. The van der Waals surface area contributed by atoms with E-state index in [0.717, 1.165) is 0 Å². The van der Waals surface area contributed by atoms with Gasteiger partial charge in [0.1, 0.15) is 17.1 Å². The lowest BCUT2D eigenvalue weighted by Gasteiger charge is -2.12. The van der Waals surface area contributed by atoms with Gasteiger partial charge in [0, 0.05) is 41.6 Å². The maximum Gasteiger partial charge on any atom is 0.286 e. The highest BCUT2D eigenvalue weighted by molar-refractivity contribution is 6.02. The zero-order chi connectivity index (χ0) is 25.9. The minimum Gasteiger partial charge on any atom is -0.481 e. The number of aryl methyl sites for hydroxylation is 1. The van der Waals surface area contributed by atoms with Gasteiger partial charge in [0.15, 0.2) is 11.4 Å². The molecular weight excluding hydrogens is 477 g/mol. The normalized spacial score (nSPS) is 10.8. The maximum atomic E-state index is 13.3. The first-order valence-electron chi connectivity index (χ1n) is 11.2. The Morgan fingerprint density at radius 3 is 2.46 bits per heavy atom. The molecule has 0 fully saturated rings. The lowest BCUT2D eigenvalue weighted by molar-refractivity contribution is 0.102. The number of halogens is 1. The van der Waals surface area contributed by atoms with Crippen LogP contribution >= 0.6 is 0 Å². The molecule has 1 amide bonds. The molecule has 0 atom stereocenters. The van der Waals surface area contributed by atoms with E-state index in [1.54, 1.807) is 55.6 Å². The van der Waals surface area contributed by atoms with Gasteiger partial charge in [-0.15, -0.1) is 0 Å². The summed E-state index contributed by atoms with van der Waals surface area (Å²) in [5.74, 6) is 0.327. The van der Waals surface area contributed by atoms with Gasteiger partial charge in [-0.05, 0) is 61.5 Å². The van der Waals surface area contributed by atoms with Crippen LogP contribution in [0, 0.1) is 12.7 Å². The molecule has 2 aromatic carbocycles. The molecule has 0 aliphatic heterocycles. The fourth-order valence-electron chi connectivity index (χ4n) is 3.71. The summed E-state index contributed by atoms with van der Waals surface area (Å²) >= 11 is 0. The molecule has 0 saturated heterocycles. The summed E-state index contributed by atoms with van der Waals surface area (Å²) in [5.41, 5.74) is 1.66. The number of hydrogen-bond donors (Lipinski definition) is 1. The Labute approximate surface area is 210 Å². The molecule has 3 aromatic heterocycles. The van der Waals surface area contributed by atoms with Crippen molar-refractivity contribution < 1.29 is 18.7 Å². The summed E-state index contributed by atoms with van der Waals surface area (Å²) in [5, 5.41) is 2.67. The third-order valence-corrected chi connectivity index (χ3v) is 5.51. The topological polar surface area (TPSA) is 108 Å². The van der Waals surface area contributed by atoms with Crippen LogP contribution in [-0.2, 0) is 0 Å². The van der Waals surface area contributed by atoms with Crippen LogP contribution in [0.2, 0.25) is 0 Å². The number of nitrogens with one attached hydrogen (secondary N) is 1. The van der Waals surface area contributed by atoms with Gasteiger partial charge in [-0.2, -0.15) is 0 Å². The van der Waals surface area contributed by atoms with Crippen molar-refractivity contribution >= 4 is 22.6 Å². The number of benzene rings is 2. The highest BCUT2D eigenvalue weighted by Crippen LogP contribution is 2.29. The number of pyridine rings is 2. The Bertz CT molecular complexity index is 1670. The van der Waals surface area contributed by atoms with Crippen LogP contribution in [0.4, 0.5) is 10.1 Å². The van der Waals surface area contributed by atoms with E-state index in [9.17, 15) is 14.0 Å². The van der Waals surface area contributed by atoms with Gasteiger partial charge >= 0.3 is 0 Å². The second kappa shape index (κ2) is 9.86. The number of methoxy groups -OCH3 is 1. The molecule has 0 bridgehead atoms. The molecule has 0 aliphatic carbocycles. The van der Waals surface area contributed by atoms with Crippen molar-refractivity contribution in [1.29, 1.82) is 0 Å². The predicted octanol–water partition coefficient (Wildman–Crippen LogP) is 4.68. The molecule has 184 valence electrons. The first-order valence-corrected chi connectivity index (χ1v) is 11.2. The van der Waals surface area contributed by atoms with E-state index in [-0.39, 0.29) is 5.69 Å². The Hall–Kier alpha value is -5.12. The van der Waals surface area contributed by atoms with E-state index in [1.807, 2.05) is 0 Å². The van der Waals surface area contributed by atoms with Crippen LogP contribution in [0.15, 0.2) is 83.9 Å². The van der Waals surface area contributed by atoms with E-state index in [2.05, 4.69) is 20.3 Å². The van der Waals surface area contributed by atoms with Crippen molar-refractivity contribution in [3.8, 4) is 23.1 Å².